The second kappa shape index (κ2) is 7.44. The minimum Gasteiger partial charge on any atom is -0.366 e. The molecule has 25 heavy (non-hydrogen) atoms. The van der Waals surface area contributed by atoms with E-state index in [-0.39, 0.29) is 17.1 Å². The van der Waals surface area contributed by atoms with Gasteiger partial charge in [-0.3, -0.25) is 10.2 Å². The number of halogens is 1. The van der Waals surface area contributed by atoms with Gasteiger partial charge in [-0.1, -0.05) is 18.2 Å². The Morgan fingerprint density at radius 1 is 1.44 bits per heavy atom. The molecule has 1 aromatic rings. The molecule has 6 heteroatoms. The van der Waals surface area contributed by atoms with E-state index in [0.717, 1.165) is 31.5 Å². The third-order valence-corrected chi connectivity index (χ3v) is 4.51. The lowest BCUT2D eigenvalue weighted by Gasteiger charge is -2.23. The van der Waals surface area contributed by atoms with Crippen LogP contribution in [0.4, 0.5) is 10.1 Å². The highest BCUT2D eigenvalue weighted by molar-refractivity contribution is 6.28. The predicted molar refractivity (Wildman–Crippen MR) is 97.1 cm³/mol. The predicted octanol–water partition coefficient (Wildman–Crippen LogP) is 2.59. The van der Waals surface area contributed by atoms with Crippen LogP contribution >= 0.6 is 0 Å². The zero-order valence-electron chi connectivity index (χ0n) is 13.8. The summed E-state index contributed by atoms with van der Waals surface area (Å²) in [7, 11) is 0. The van der Waals surface area contributed by atoms with E-state index in [1.165, 1.54) is 12.3 Å². The van der Waals surface area contributed by atoms with Crippen molar-refractivity contribution in [2.24, 2.45) is 5.73 Å². The molecule has 1 unspecified atom stereocenters. The maximum absolute atomic E-state index is 14.4. The van der Waals surface area contributed by atoms with Gasteiger partial charge in [0.15, 0.2) is 0 Å². The first-order valence-corrected chi connectivity index (χ1v) is 8.30. The number of nitrogens with one attached hydrogen (secondary N) is 3. The number of hydrogen-bond donors (Lipinski definition) is 4. The highest BCUT2D eigenvalue weighted by atomic mass is 19.1. The first-order valence-electron chi connectivity index (χ1n) is 8.30. The number of nitrogens with two attached hydrogens (primary N) is 1. The highest BCUT2D eigenvalue weighted by Crippen LogP contribution is 2.26. The number of primary amides is 1. The van der Waals surface area contributed by atoms with Crippen LogP contribution in [0, 0.1) is 11.2 Å². The molecule has 130 valence electrons. The van der Waals surface area contributed by atoms with Gasteiger partial charge in [-0.05, 0) is 49.1 Å². The summed E-state index contributed by atoms with van der Waals surface area (Å²) < 4.78 is 14.4. The van der Waals surface area contributed by atoms with E-state index >= 15 is 0 Å². The number of anilines is 1. The number of allylic oxidation sites excluding steroid dienone is 4. The largest absolute Gasteiger partial charge is 0.366 e. The minimum absolute atomic E-state index is 0.0211. The average Bonchev–Trinajstić information content (AvgIpc) is 2.62. The second-order valence-electron chi connectivity index (χ2n) is 6.21. The maximum atomic E-state index is 14.4. The van der Waals surface area contributed by atoms with Crippen LogP contribution in [0.1, 0.15) is 24.3 Å². The van der Waals surface area contributed by atoms with Crippen molar-refractivity contribution in [3.8, 4) is 0 Å². The zero-order chi connectivity index (χ0) is 17.8. The second-order valence-corrected chi connectivity index (χ2v) is 6.21. The molecule has 1 heterocycles. The normalized spacial score (nSPS) is 22.0. The van der Waals surface area contributed by atoms with Crippen molar-refractivity contribution in [2.75, 3.05) is 18.4 Å². The van der Waals surface area contributed by atoms with E-state index in [2.05, 4.69) is 10.6 Å². The third kappa shape index (κ3) is 3.85. The molecular weight excluding hydrogens is 319 g/mol. The summed E-state index contributed by atoms with van der Waals surface area (Å²) in [5.41, 5.74) is 7.19. The van der Waals surface area contributed by atoms with Gasteiger partial charge in [0.1, 0.15) is 5.82 Å². The van der Waals surface area contributed by atoms with Crippen LogP contribution in [0.2, 0.25) is 0 Å². The number of hydrogen-bond acceptors (Lipinski definition) is 4. The van der Waals surface area contributed by atoms with Crippen LogP contribution in [0.25, 0.3) is 0 Å². The number of amides is 1. The number of rotatable bonds is 4. The molecule has 3 rings (SSSR count). The average molecular weight is 340 g/mol. The Morgan fingerprint density at radius 3 is 2.96 bits per heavy atom. The number of carbonyl (C=O) groups is 1. The van der Waals surface area contributed by atoms with Crippen molar-refractivity contribution in [3.63, 3.8) is 0 Å². The molecule has 1 amide bonds. The molecule has 1 saturated heterocycles. The van der Waals surface area contributed by atoms with Gasteiger partial charge in [-0.15, -0.1) is 0 Å². The van der Waals surface area contributed by atoms with E-state index in [0.29, 0.717) is 17.2 Å². The van der Waals surface area contributed by atoms with Gasteiger partial charge in [0.2, 0.25) is 0 Å². The van der Waals surface area contributed by atoms with Crippen LogP contribution in [0.5, 0.6) is 0 Å². The van der Waals surface area contributed by atoms with E-state index < -0.39 is 5.91 Å². The van der Waals surface area contributed by atoms with Crippen molar-refractivity contribution in [2.45, 2.75) is 18.8 Å². The molecule has 1 fully saturated rings. The van der Waals surface area contributed by atoms with Gasteiger partial charge in [0, 0.05) is 18.3 Å². The summed E-state index contributed by atoms with van der Waals surface area (Å²) in [4.78, 5) is 11.3. The standard InChI is InChI=1S/C19H21FN4O/c20-16-9-12(13-4-2-8-23-10-13)6-7-17(16)24-11-14-3-1-5-15(18(14)21)19(22)25/h1,3,5-7,9,11,13,21,23-24H,2,4,8,10H2,(H2,22,25)/b14-11-,21-18?. The summed E-state index contributed by atoms with van der Waals surface area (Å²) in [5, 5.41) is 14.2. The van der Waals surface area contributed by atoms with Gasteiger partial charge in [-0.2, -0.15) is 0 Å². The van der Waals surface area contributed by atoms with Crippen LogP contribution in [-0.4, -0.2) is 24.7 Å². The quantitative estimate of drug-likeness (QED) is 0.679. The fourth-order valence-corrected chi connectivity index (χ4v) is 3.09. The third-order valence-electron chi connectivity index (χ3n) is 4.51. The van der Waals surface area contributed by atoms with Crippen molar-refractivity contribution in [1.29, 1.82) is 5.41 Å². The van der Waals surface area contributed by atoms with Crippen LogP contribution in [0.15, 0.2) is 53.8 Å². The molecule has 1 aliphatic heterocycles. The lowest BCUT2D eigenvalue weighted by molar-refractivity contribution is -0.114. The molecule has 1 aromatic carbocycles. The molecule has 1 atom stereocenters. The van der Waals surface area contributed by atoms with E-state index in [4.69, 9.17) is 11.1 Å². The minimum atomic E-state index is -0.656. The summed E-state index contributed by atoms with van der Waals surface area (Å²) in [6, 6.07) is 5.20. The fourth-order valence-electron chi connectivity index (χ4n) is 3.09. The first kappa shape index (κ1) is 17.1. The molecule has 0 spiro atoms. The topological polar surface area (TPSA) is 91.0 Å². The monoisotopic (exact) mass is 340 g/mol. The molecule has 0 aromatic heterocycles. The Bertz CT molecular complexity index is 789. The molecular formula is C19H21FN4O. The molecule has 0 bridgehead atoms. The lowest BCUT2D eigenvalue weighted by Crippen LogP contribution is -2.28. The molecule has 5 N–H and O–H groups in total. The maximum Gasteiger partial charge on any atom is 0.250 e. The Morgan fingerprint density at radius 2 is 2.28 bits per heavy atom. The Balaban J connectivity index is 1.73. The first-order chi connectivity index (χ1) is 12.1. The van der Waals surface area contributed by atoms with Crippen LogP contribution in [-0.2, 0) is 4.79 Å². The zero-order valence-corrected chi connectivity index (χ0v) is 13.8. The fraction of sp³-hybridized carbons (Fsp3) is 0.263. The van der Waals surface area contributed by atoms with Gasteiger partial charge >= 0.3 is 0 Å². The SMILES string of the molecule is N=C1C(C(N)=O)=CC=C/C1=C/Nc1ccc(C2CCCNC2)cc1F. The van der Waals surface area contributed by atoms with Gasteiger partial charge < -0.3 is 16.4 Å². The summed E-state index contributed by atoms with van der Waals surface area (Å²) in [5.74, 6) is -0.651. The smallest absolute Gasteiger partial charge is 0.250 e. The summed E-state index contributed by atoms with van der Waals surface area (Å²) >= 11 is 0. The van der Waals surface area contributed by atoms with E-state index in [1.54, 1.807) is 24.3 Å². The van der Waals surface area contributed by atoms with Crippen LogP contribution < -0.4 is 16.4 Å². The molecule has 5 nitrogen and oxygen atoms in total. The van der Waals surface area contributed by atoms with Gasteiger partial charge in [0.05, 0.1) is 17.0 Å². The van der Waals surface area contributed by atoms with Gasteiger partial charge in [0.25, 0.3) is 5.91 Å². The van der Waals surface area contributed by atoms with Crippen molar-refractivity contribution in [3.05, 3.63) is 65.2 Å². The molecule has 1 aliphatic carbocycles. The van der Waals surface area contributed by atoms with E-state index in [1.807, 2.05) is 6.07 Å². The lowest BCUT2D eigenvalue weighted by atomic mass is 9.91. The van der Waals surface area contributed by atoms with Crippen molar-refractivity contribution < 1.29 is 9.18 Å². The Kier molecular flexibility index (Phi) is 5.09. The number of carbonyl (C=O) groups excluding carboxylic acids is 1. The number of piperidine rings is 1. The van der Waals surface area contributed by atoms with E-state index in [9.17, 15) is 9.18 Å². The number of benzene rings is 1. The van der Waals surface area contributed by atoms with Crippen molar-refractivity contribution >= 4 is 17.3 Å². The Hall–Kier alpha value is -2.73. The molecule has 0 saturated carbocycles. The summed E-state index contributed by atoms with van der Waals surface area (Å²) in [6.45, 7) is 1.90. The highest BCUT2D eigenvalue weighted by Gasteiger charge is 2.18. The molecule has 0 radical (unpaired) electrons. The summed E-state index contributed by atoms with van der Waals surface area (Å²) in [6.07, 6.45) is 8.48. The van der Waals surface area contributed by atoms with Crippen LogP contribution in [0.3, 0.4) is 0 Å². The van der Waals surface area contributed by atoms with Crippen molar-refractivity contribution in [1.82, 2.24) is 5.32 Å². The molecule has 2 aliphatic rings. The Labute approximate surface area is 146 Å². The van der Waals surface area contributed by atoms with Gasteiger partial charge in [-0.25, -0.2) is 4.39 Å².